The molecule has 0 bridgehead atoms. The number of hydrogen-bond donors (Lipinski definition) is 4. The molecule has 0 saturated carbocycles. The number of anilines is 1. The molecule has 0 atom stereocenters. The number of fused-ring (bicyclic) bond motifs is 2. The number of nitrogen functional groups attached to an aromatic ring is 1. The van der Waals surface area contributed by atoms with Gasteiger partial charge in [0.1, 0.15) is 30.0 Å². The molecule has 0 unspecified atom stereocenters. The summed E-state index contributed by atoms with van der Waals surface area (Å²) in [6.07, 6.45) is 2.14. The summed E-state index contributed by atoms with van der Waals surface area (Å²) in [5.74, 6) is -5.40. The van der Waals surface area contributed by atoms with Gasteiger partial charge in [0.15, 0.2) is 16.8 Å². The highest BCUT2D eigenvalue weighted by Gasteiger charge is 2.30. The van der Waals surface area contributed by atoms with E-state index < -0.39 is 94.2 Å². The van der Waals surface area contributed by atoms with Crippen molar-refractivity contribution >= 4 is 66.5 Å². The zero-order valence-electron chi connectivity index (χ0n) is 24.4. The van der Waals surface area contributed by atoms with Crippen LogP contribution in [0.1, 0.15) is 20.7 Å². The van der Waals surface area contributed by atoms with Gasteiger partial charge in [0.25, 0.3) is 17.7 Å². The Morgan fingerprint density at radius 2 is 1.49 bits per heavy atom. The normalized spacial score (nSPS) is 13.3. The summed E-state index contributed by atoms with van der Waals surface area (Å²) in [5.41, 5.74) is 0.949. The van der Waals surface area contributed by atoms with E-state index in [2.05, 4.69) is 10.6 Å². The number of nitrogens with zero attached hydrogens (tertiary/aromatic N) is 1. The molecule has 49 heavy (non-hydrogen) atoms. The van der Waals surface area contributed by atoms with Gasteiger partial charge < -0.3 is 35.0 Å². The average molecular weight is 713 g/mol. The maximum atomic E-state index is 12.9. The molecule has 18 nitrogen and oxygen atoms in total. The van der Waals surface area contributed by atoms with Crippen molar-refractivity contribution in [2.24, 2.45) is 0 Å². The van der Waals surface area contributed by atoms with Crippen LogP contribution in [-0.2, 0) is 34.6 Å². The van der Waals surface area contributed by atoms with Gasteiger partial charge in [-0.05, 0) is 42.0 Å². The number of rotatable bonds is 10. The number of nitrogens with one attached hydrogen (secondary N) is 2. The number of carbonyl (C=O) groups is 5. The predicted octanol–water partition coefficient (Wildman–Crippen LogP) is -0.576. The lowest BCUT2D eigenvalue weighted by Crippen LogP contribution is -2.42. The van der Waals surface area contributed by atoms with E-state index in [-0.39, 0.29) is 40.7 Å². The van der Waals surface area contributed by atoms with Crippen molar-refractivity contribution in [3.8, 4) is 22.5 Å². The van der Waals surface area contributed by atoms with Crippen molar-refractivity contribution in [3.63, 3.8) is 0 Å². The maximum Gasteiger partial charge on any atom is 0.336 e. The molecule has 2 aromatic carbocycles. The Balaban J connectivity index is 1.56. The Kier molecular flexibility index (Phi) is 8.82. The second-order valence-electron chi connectivity index (χ2n) is 10.3. The van der Waals surface area contributed by atoms with Crippen LogP contribution in [0.2, 0.25) is 0 Å². The summed E-state index contributed by atoms with van der Waals surface area (Å²) in [6, 6.07) is 6.84. The molecule has 4 amide bonds. The molecule has 5 rings (SSSR count). The number of amides is 4. The zero-order valence-corrected chi connectivity index (χ0v) is 26.0. The van der Waals surface area contributed by atoms with Crippen molar-refractivity contribution in [2.45, 2.75) is 9.79 Å². The van der Waals surface area contributed by atoms with Gasteiger partial charge in [-0.25, -0.2) is 21.6 Å². The van der Waals surface area contributed by atoms with Crippen molar-refractivity contribution in [3.05, 3.63) is 76.0 Å². The lowest BCUT2D eigenvalue weighted by Gasteiger charge is -2.22. The monoisotopic (exact) mass is 712 g/mol. The minimum Gasteiger partial charge on any atom is -0.744 e. The Morgan fingerprint density at radius 3 is 2.10 bits per heavy atom. The van der Waals surface area contributed by atoms with Crippen LogP contribution in [0.15, 0.2) is 73.6 Å². The fraction of sp³-hybridized carbons (Fsp3) is 0.103. The van der Waals surface area contributed by atoms with Gasteiger partial charge in [-0.3, -0.25) is 28.9 Å². The molecule has 0 aromatic heterocycles. The Bertz CT molecular complexity index is 2400. The van der Waals surface area contributed by atoms with Crippen LogP contribution in [0.3, 0.4) is 0 Å². The summed E-state index contributed by atoms with van der Waals surface area (Å²) < 4.78 is 78.5. The molecule has 2 aliphatic heterocycles. The molecule has 3 aliphatic rings. The first-order chi connectivity index (χ1) is 22.9. The van der Waals surface area contributed by atoms with E-state index in [0.717, 1.165) is 53.5 Å². The van der Waals surface area contributed by atoms with Gasteiger partial charge in [0.05, 0.1) is 17.8 Å². The van der Waals surface area contributed by atoms with Gasteiger partial charge in [-0.15, -0.1) is 0 Å². The number of carbonyl (C=O) groups excluding carboxylic acids is 4. The first-order valence-corrected chi connectivity index (χ1v) is 16.4. The molecule has 2 aromatic rings. The van der Waals surface area contributed by atoms with Crippen LogP contribution >= 0.6 is 0 Å². The highest BCUT2D eigenvalue weighted by Crippen LogP contribution is 2.45. The number of carboxylic acid groups (broad SMARTS) is 1. The highest BCUT2D eigenvalue weighted by atomic mass is 32.2. The highest BCUT2D eigenvalue weighted by molar-refractivity contribution is 7.86. The van der Waals surface area contributed by atoms with E-state index in [9.17, 15) is 59.8 Å². The second-order valence-corrected chi connectivity index (χ2v) is 12.9. The molecule has 254 valence electrons. The van der Waals surface area contributed by atoms with E-state index in [1.54, 1.807) is 0 Å². The maximum absolute atomic E-state index is 12.9. The van der Waals surface area contributed by atoms with Gasteiger partial charge >= 0.3 is 5.97 Å². The molecule has 1 aliphatic carbocycles. The van der Waals surface area contributed by atoms with E-state index in [4.69, 9.17) is 10.2 Å². The van der Waals surface area contributed by atoms with E-state index >= 15 is 0 Å². The van der Waals surface area contributed by atoms with Gasteiger partial charge in [-0.1, -0.05) is 6.07 Å². The van der Waals surface area contributed by atoms with Crippen molar-refractivity contribution in [2.75, 3.05) is 25.4 Å². The summed E-state index contributed by atoms with van der Waals surface area (Å²) >= 11 is 0. The minimum atomic E-state index is -5.61. The van der Waals surface area contributed by atoms with Gasteiger partial charge in [0, 0.05) is 47.3 Å². The Morgan fingerprint density at radius 1 is 0.857 bits per heavy atom. The van der Waals surface area contributed by atoms with E-state index in [1.165, 1.54) is 0 Å². The standard InChI is InChI=1S/C29H22N4O14S2/c30-18-5-3-15-23(16-4-6-19(34)27(49(44,45)46)25(16)47-24(15)26(18)48(41,42)43)14-2-1-13(11-17(14)29(39)40)28(38)32-12-20(35)31-9-10-33-21(36)7-8-22(33)37/h1-8,11H,9-10,12,30H2,(H,31,35)(H,32,38)(H,39,40)(H,41,42,43)(H,44,45,46)/p-2. The molecule has 20 heteroatoms. The molecule has 2 heterocycles. The fourth-order valence-electron chi connectivity index (χ4n) is 5.11. The quantitative estimate of drug-likeness (QED) is 0.0692. The first-order valence-electron chi connectivity index (χ1n) is 13.6. The Hall–Kier alpha value is -5.96. The minimum absolute atomic E-state index is 0.124. The lowest BCUT2D eigenvalue weighted by atomic mass is 9.89. The predicted molar refractivity (Wildman–Crippen MR) is 163 cm³/mol. The molecule has 0 fully saturated rings. The first kappa shape index (κ1) is 34.4. The van der Waals surface area contributed by atoms with E-state index in [1.807, 2.05) is 0 Å². The summed E-state index contributed by atoms with van der Waals surface area (Å²) in [5, 5.41) is 14.5. The van der Waals surface area contributed by atoms with Crippen molar-refractivity contribution < 1.29 is 59.4 Å². The molecular weight excluding hydrogens is 692 g/mol. The lowest BCUT2D eigenvalue weighted by molar-refractivity contribution is -0.137. The van der Waals surface area contributed by atoms with Crippen LogP contribution in [0.25, 0.3) is 33.4 Å². The largest absolute Gasteiger partial charge is 0.744 e. The summed E-state index contributed by atoms with van der Waals surface area (Å²) in [4.78, 5) is 71.6. The number of carboxylic acids is 1. The van der Waals surface area contributed by atoms with Crippen LogP contribution in [0.4, 0.5) is 5.69 Å². The summed E-state index contributed by atoms with van der Waals surface area (Å²) in [6.45, 7) is -0.852. The summed E-state index contributed by atoms with van der Waals surface area (Å²) in [7, 11) is -11.1. The Labute approximate surface area is 274 Å². The number of nitrogens with two attached hydrogens (primary N) is 1. The van der Waals surface area contributed by atoms with Crippen LogP contribution in [0.5, 0.6) is 0 Å². The molecular formula is C29H20N4O14S2-2. The van der Waals surface area contributed by atoms with Crippen LogP contribution in [0, 0.1) is 0 Å². The number of hydrogen-bond acceptors (Lipinski definition) is 14. The fourth-order valence-corrected chi connectivity index (χ4v) is 6.54. The van der Waals surface area contributed by atoms with E-state index in [0.29, 0.717) is 6.07 Å². The molecule has 0 spiro atoms. The number of benzene rings is 3. The second kappa shape index (κ2) is 12.6. The average Bonchev–Trinajstić information content (AvgIpc) is 3.33. The third-order valence-corrected chi connectivity index (χ3v) is 9.02. The number of aromatic carboxylic acids is 1. The van der Waals surface area contributed by atoms with Crippen molar-refractivity contribution in [1.29, 1.82) is 0 Å². The third-order valence-electron chi connectivity index (χ3n) is 7.21. The van der Waals surface area contributed by atoms with Crippen LogP contribution in [-0.4, -0.2) is 85.2 Å². The smallest absolute Gasteiger partial charge is 0.336 e. The van der Waals surface area contributed by atoms with Crippen LogP contribution < -0.4 is 21.8 Å². The van der Waals surface area contributed by atoms with Gasteiger partial charge in [0.2, 0.25) is 5.91 Å². The number of imide groups is 1. The molecule has 0 saturated heterocycles. The SMILES string of the molecule is Nc1ccc2c(-c3ccc(C(=O)NCC(=O)NCCN4C(=O)C=CC4=O)cc3C(=O)O)c3ccc(=O)c(S(=O)(=O)[O-])c-3oc2c1S(=O)(=O)[O-]. The molecule has 5 N–H and O–H groups in total. The topological polar surface area (TPSA) is 304 Å². The van der Waals surface area contributed by atoms with Crippen molar-refractivity contribution in [1.82, 2.24) is 15.5 Å². The third kappa shape index (κ3) is 6.60. The zero-order chi connectivity index (χ0) is 36.0. The van der Waals surface area contributed by atoms with Gasteiger partial charge in [-0.2, -0.15) is 0 Å². The molecule has 0 radical (unpaired) electrons.